The summed E-state index contributed by atoms with van der Waals surface area (Å²) in [7, 11) is 1.92. The average Bonchev–Trinajstić information content (AvgIpc) is 2.82. The van der Waals surface area contributed by atoms with Gasteiger partial charge in [0, 0.05) is 26.2 Å². The second-order valence-corrected chi connectivity index (χ2v) is 5.13. The molecule has 0 saturated carbocycles. The van der Waals surface area contributed by atoms with Gasteiger partial charge in [0.25, 0.3) is 0 Å². The molecule has 1 aromatic rings. The summed E-state index contributed by atoms with van der Waals surface area (Å²) in [4.78, 5) is 4.36. The summed E-state index contributed by atoms with van der Waals surface area (Å²) >= 11 is 0. The maximum absolute atomic E-state index is 5.66. The van der Waals surface area contributed by atoms with Gasteiger partial charge in [0.2, 0.25) is 0 Å². The zero-order valence-electron chi connectivity index (χ0n) is 13.3. The van der Waals surface area contributed by atoms with Gasteiger partial charge >= 0.3 is 0 Å². The Bertz CT molecular complexity index is 362. The highest BCUT2D eigenvalue weighted by molar-refractivity contribution is 4.91. The summed E-state index contributed by atoms with van der Waals surface area (Å²) in [5.74, 6) is 1.50. The maximum Gasteiger partial charge on any atom is 0.173 e. The third-order valence-corrected chi connectivity index (χ3v) is 3.00. The van der Waals surface area contributed by atoms with E-state index < -0.39 is 0 Å². The molecule has 0 aliphatic carbocycles. The lowest BCUT2D eigenvalue weighted by atomic mass is 10.1. The Morgan fingerprint density at radius 1 is 1.25 bits per heavy atom. The van der Waals surface area contributed by atoms with Crippen molar-refractivity contribution in [3.05, 3.63) is 12.2 Å². The number of ether oxygens (including phenoxy) is 2. The lowest BCUT2D eigenvalue weighted by molar-refractivity contribution is -0.153. The van der Waals surface area contributed by atoms with Gasteiger partial charge in [-0.1, -0.05) is 13.8 Å². The number of nitrogens with one attached hydrogen (secondary N) is 1. The fourth-order valence-corrected chi connectivity index (χ4v) is 2.08. The average molecular weight is 284 g/mol. The smallest absolute Gasteiger partial charge is 0.173 e. The molecule has 1 N–H and O–H groups in total. The van der Waals surface area contributed by atoms with Gasteiger partial charge in [-0.15, -0.1) is 0 Å². The van der Waals surface area contributed by atoms with Crippen molar-refractivity contribution in [1.82, 2.24) is 20.1 Å². The van der Waals surface area contributed by atoms with Gasteiger partial charge in [-0.3, -0.25) is 0 Å². The van der Waals surface area contributed by atoms with Crippen molar-refractivity contribution in [1.29, 1.82) is 0 Å². The summed E-state index contributed by atoms with van der Waals surface area (Å²) in [5.41, 5.74) is 0. The molecule has 1 atom stereocenters. The first-order chi connectivity index (χ1) is 9.62. The normalized spacial score (nSPS) is 13.3. The summed E-state index contributed by atoms with van der Waals surface area (Å²) in [6, 6.07) is 0.0602. The number of rotatable bonds is 10. The summed E-state index contributed by atoms with van der Waals surface area (Å²) in [6.45, 7) is 10.4. The number of nitrogens with zero attached hydrogens (tertiary/aromatic N) is 3. The van der Waals surface area contributed by atoms with E-state index in [0.717, 1.165) is 18.8 Å². The van der Waals surface area contributed by atoms with Crippen molar-refractivity contribution in [2.24, 2.45) is 5.92 Å². The first kappa shape index (κ1) is 17.1. The van der Waals surface area contributed by atoms with Gasteiger partial charge in [-0.2, -0.15) is 5.10 Å². The van der Waals surface area contributed by atoms with E-state index in [2.05, 4.69) is 29.2 Å². The van der Waals surface area contributed by atoms with Gasteiger partial charge in [-0.25, -0.2) is 9.67 Å². The number of hydrogen-bond acceptors (Lipinski definition) is 5. The van der Waals surface area contributed by atoms with Crippen LogP contribution < -0.4 is 5.32 Å². The van der Waals surface area contributed by atoms with Crippen LogP contribution in [0.25, 0.3) is 0 Å². The predicted molar refractivity (Wildman–Crippen MR) is 78.5 cm³/mol. The molecule has 0 spiro atoms. The number of hydrogen-bond donors (Lipinski definition) is 1. The number of likely N-dealkylation sites (N-methyl/N-ethyl adjacent to an activating group) is 1. The minimum absolute atomic E-state index is 0.0602. The molecule has 6 heteroatoms. The highest BCUT2D eigenvalue weighted by Gasteiger charge is 2.23. The van der Waals surface area contributed by atoms with Crippen LogP contribution in [0, 0.1) is 5.92 Å². The molecule has 0 aliphatic heterocycles. The molecule has 1 unspecified atom stereocenters. The Labute approximate surface area is 121 Å². The zero-order chi connectivity index (χ0) is 15.0. The predicted octanol–water partition coefficient (Wildman–Crippen LogP) is 1.46. The van der Waals surface area contributed by atoms with E-state index in [1.165, 1.54) is 0 Å². The number of aromatic nitrogens is 3. The van der Waals surface area contributed by atoms with Crippen LogP contribution in [0.2, 0.25) is 0 Å². The highest BCUT2D eigenvalue weighted by atomic mass is 16.7. The summed E-state index contributed by atoms with van der Waals surface area (Å²) in [5, 5.41) is 7.55. The van der Waals surface area contributed by atoms with E-state index in [1.807, 2.05) is 25.6 Å². The Balaban J connectivity index is 2.73. The largest absolute Gasteiger partial charge is 0.351 e. The first-order valence-corrected chi connectivity index (χ1v) is 7.39. The van der Waals surface area contributed by atoms with Crippen molar-refractivity contribution >= 4 is 0 Å². The SMILES string of the molecule is CCOC(OCC)C(Cc1ncnn1CC(C)C)NC. The summed E-state index contributed by atoms with van der Waals surface area (Å²) < 4.78 is 13.3. The van der Waals surface area contributed by atoms with Gasteiger partial charge in [0.05, 0.1) is 6.04 Å². The Hall–Kier alpha value is -0.980. The van der Waals surface area contributed by atoms with E-state index in [-0.39, 0.29) is 12.3 Å². The quantitative estimate of drug-likeness (QED) is 0.659. The maximum atomic E-state index is 5.66. The van der Waals surface area contributed by atoms with Crippen molar-refractivity contribution in [2.45, 2.75) is 53.0 Å². The summed E-state index contributed by atoms with van der Waals surface area (Å²) in [6.07, 6.45) is 2.08. The van der Waals surface area contributed by atoms with Crippen molar-refractivity contribution < 1.29 is 9.47 Å². The van der Waals surface area contributed by atoms with E-state index in [9.17, 15) is 0 Å². The van der Waals surface area contributed by atoms with Crippen LogP contribution in [0.1, 0.15) is 33.5 Å². The molecule has 0 fully saturated rings. The van der Waals surface area contributed by atoms with Crippen LogP contribution in [0.4, 0.5) is 0 Å². The third-order valence-electron chi connectivity index (χ3n) is 3.00. The second kappa shape index (κ2) is 9.05. The molecule has 0 aromatic carbocycles. The molecule has 1 heterocycles. The van der Waals surface area contributed by atoms with Gasteiger partial charge in [0.15, 0.2) is 6.29 Å². The fourth-order valence-electron chi connectivity index (χ4n) is 2.08. The van der Waals surface area contributed by atoms with E-state index in [0.29, 0.717) is 19.1 Å². The Kier molecular flexibility index (Phi) is 7.72. The molecule has 116 valence electrons. The van der Waals surface area contributed by atoms with Crippen molar-refractivity contribution in [3.8, 4) is 0 Å². The van der Waals surface area contributed by atoms with E-state index >= 15 is 0 Å². The highest BCUT2D eigenvalue weighted by Crippen LogP contribution is 2.09. The zero-order valence-corrected chi connectivity index (χ0v) is 13.3. The van der Waals surface area contributed by atoms with E-state index in [1.54, 1.807) is 6.33 Å². The molecule has 0 aliphatic rings. The monoisotopic (exact) mass is 284 g/mol. The molecule has 0 bridgehead atoms. The van der Waals surface area contributed by atoms with E-state index in [4.69, 9.17) is 9.47 Å². The molecule has 0 saturated heterocycles. The van der Waals surface area contributed by atoms with Crippen LogP contribution in [-0.4, -0.2) is 47.4 Å². The molecule has 20 heavy (non-hydrogen) atoms. The van der Waals surface area contributed by atoms with Gasteiger partial charge in [0.1, 0.15) is 12.2 Å². The van der Waals surface area contributed by atoms with Crippen LogP contribution in [-0.2, 0) is 22.4 Å². The van der Waals surface area contributed by atoms with Crippen molar-refractivity contribution in [3.63, 3.8) is 0 Å². The van der Waals surface area contributed by atoms with Crippen molar-refractivity contribution in [2.75, 3.05) is 20.3 Å². The second-order valence-electron chi connectivity index (χ2n) is 5.13. The fraction of sp³-hybridized carbons (Fsp3) is 0.857. The van der Waals surface area contributed by atoms with Gasteiger partial charge in [-0.05, 0) is 26.8 Å². The molecule has 1 aromatic heterocycles. The standard InChI is InChI=1S/C14H28N4O2/c1-6-19-14(20-7-2)12(15-5)8-13-16-10-17-18(13)9-11(3)4/h10-12,14-15H,6-9H2,1-5H3. The molecule has 6 nitrogen and oxygen atoms in total. The van der Waals surface area contributed by atoms with Crippen LogP contribution in [0.3, 0.4) is 0 Å². The van der Waals surface area contributed by atoms with Gasteiger partial charge < -0.3 is 14.8 Å². The molecular formula is C14H28N4O2. The van der Waals surface area contributed by atoms with Crippen LogP contribution in [0.5, 0.6) is 0 Å². The minimum Gasteiger partial charge on any atom is -0.351 e. The lowest BCUT2D eigenvalue weighted by Crippen LogP contribution is -2.43. The molecular weight excluding hydrogens is 256 g/mol. The topological polar surface area (TPSA) is 61.2 Å². The molecule has 0 amide bonds. The van der Waals surface area contributed by atoms with Crippen LogP contribution in [0.15, 0.2) is 6.33 Å². The lowest BCUT2D eigenvalue weighted by Gasteiger charge is -2.26. The first-order valence-electron chi connectivity index (χ1n) is 7.39. The Morgan fingerprint density at radius 2 is 1.90 bits per heavy atom. The molecule has 1 rings (SSSR count). The minimum atomic E-state index is -0.265. The third kappa shape index (κ3) is 5.19. The van der Waals surface area contributed by atoms with Crippen LogP contribution >= 0.6 is 0 Å². The molecule has 0 radical (unpaired) electrons. The Morgan fingerprint density at radius 3 is 2.40 bits per heavy atom.